The molecule has 4 atom stereocenters. The van der Waals surface area contributed by atoms with Crippen molar-refractivity contribution in [2.24, 2.45) is 11.8 Å². The van der Waals surface area contributed by atoms with Gasteiger partial charge in [0, 0.05) is 16.3 Å². The fraction of sp³-hybridized carbons (Fsp3) is 0.292. The van der Waals surface area contributed by atoms with Crippen LogP contribution in [0, 0.1) is 18.8 Å². The van der Waals surface area contributed by atoms with Crippen molar-refractivity contribution in [3.63, 3.8) is 0 Å². The summed E-state index contributed by atoms with van der Waals surface area (Å²) in [5.41, 5.74) is 2.87. The third-order valence-electron chi connectivity index (χ3n) is 6.61. The quantitative estimate of drug-likeness (QED) is 0.687. The van der Waals surface area contributed by atoms with Crippen LogP contribution in [0.25, 0.3) is 6.08 Å². The highest BCUT2D eigenvalue weighted by molar-refractivity contribution is 6.32. The summed E-state index contributed by atoms with van der Waals surface area (Å²) in [6.45, 7) is 3.27. The molecule has 2 fully saturated rings. The summed E-state index contributed by atoms with van der Waals surface area (Å²) in [5.74, 6) is -1.45. The SMILES string of the molecule is COc1ccc2c(c1)C=C[C@H]1[C@@H]3C(=O)N(c4cccc(Cl)c4C)C(=O)[C@H]3[C@@H](C(C)=O)N21. The molecule has 3 aliphatic rings. The van der Waals surface area contributed by atoms with Gasteiger partial charge in [0.1, 0.15) is 11.8 Å². The van der Waals surface area contributed by atoms with Crippen LogP contribution in [0.5, 0.6) is 5.75 Å². The zero-order valence-electron chi connectivity index (χ0n) is 17.3. The normalized spacial score (nSPS) is 26.1. The summed E-state index contributed by atoms with van der Waals surface area (Å²) in [4.78, 5) is 43.1. The first kappa shape index (κ1) is 19.8. The first-order valence-corrected chi connectivity index (χ1v) is 10.5. The van der Waals surface area contributed by atoms with E-state index >= 15 is 0 Å². The van der Waals surface area contributed by atoms with Crippen LogP contribution in [0.15, 0.2) is 42.5 Å². The van der Waals surface area contributed by atoms with Crippen molar-refractivity contribution in [2.75, 3.05) is 16.9 Å². The second kappa shape index (κ2) is 6.95. The fourth-order valence-electron chi connectivity index (χ4n) is 5.21. The summed E-state index contributed by atoms with van der Waals surface area (Å²) in [7, 11) is 1.60. The highest BCUT2D eigenvalue weighted by atomic mass is 35.5. The van der Waals surface area contributed by atoms with Crippen LogP contribution in [0.1, 0.15) is 18.1 Å². The number of methoxy groups -OCH3 is 1. The van der Waals surface area contributed by atoms with Gasteiger partial charge in [0.2, 0.25) is 11.8 Å². The number of ketones is 1. The lowest BCUT2D eigenvalue weighted by Gasteiger charge is -2.36. The zero-order valence-corrected chi connectivity index (χ0v) is 18.1. The fourth-order valence-corrected chi connectivity index (χ4v) is 5.38. The van der Waals surface area contributed by atoms with E-state index in [2.05, 4.69) is 0 Å². The largest absolute Gasteiger partial charge is 0.497 e. The van der Waals surface area contributed by atoms with Gasteiger partial charge in [-0.05, 0) is 49.7 Å². The van der Waals surface area contributed by atoms with Gasteiger partial charge < -0.3 is 9.64 Å². The number of Topliss-reactive ketones (excluding diaryl/α,β-unsaturated/α-hetero) is 1. The van der Waals surface area contributed by atoms with Gasteiger partial charge in [-0.3, -0.25) is 14.4 Å². The smallest absolute Gasteiger partial charge is 0.240 e. The third kappa shape index (κ3) is 2.67. The van der Waals surface area contributed by atoms with Crippen LogP contribution in [-0.2, 0) is 14.4 Å². The molecule has 2 amide bonds. The van der Waals surface area contributed by atoms with Gasteiger partial charge in [-0.1, -0.05) is 29.8 Å². The Labute approximate surface area is 185 Å². The Kier molecular flexibility index (Phi) is 4.45. The van der Waals surface area contributed by atoms with Crippen molar-refractivity contribution in [3.8, 4) is 5.75 Å². The summed E-state index contributed by atoms with van der Waals surface area (Å²) in [6.07, 6.45) is 3.85. The number of anilines is 2. The maximum absolute atomic E-state index is 13.6. The number of rotatable bonds is 3. The van der Waals surface area contributed by atoms with Crippen molar-refractivity contribution in [2.45, 2.75) is 25.9 Å². The van der Waals surface area contributed by atoms with E-state index in [4.69, 9.17) is 16.3 Å². The minimum Gasteiger partial charge on any atom is -0.497 e. The maximum Gasteiger partial charge on any atom is 0.240 e. The lowest BCUT2D eigenvalue weighted by Crippen LogP contribution is -2.48. The van der Waals surface area contributed by atoms with Gasteiger partial charge in [0.25, 0.3) is 0 Å². The molecule has 0 aromatic heterocycles. The van der Waals surface area contributed by atoms with Crippen LogP contribution >= 0.6 is 11.6 Å². The zero-order chi connectivity index (χ0) is 22.0. The molecule has 7 heteroatoms. The first-order chi connectivity index (χ1) is 14.8. The maximum atomic E-state index is 13.6. The number of hydrogen-bond donors (Lipinski definition) is 0. The highest BCUT2D eigenvalue weighted by Gasteiger charge is 2.63. The second-order valence-electron chi connectivity index (χ2n) is 8.18. The number of carbonyl (C=O) groups is 3. The predicted molar refractivity (Wildman–Crippen MR) is 118 cm³/mol. The molecule has 158 valence electrons. The minimum absolute atomic E-state index is 0.139. The molecule has 31 heavy (non-hydrogen) atoms. The van der Waals surface area contributed by atoms with Gasteiger partial charge in [-0.25, -0.2) is 4.90 Å². The predicted octanol–water partition coefficient (Wildman–Crippen LogP) is 3.64. The van der Waals surface area contributed by atoms with E-state index in [9.17, 15) is 14.4 Å². The summed E-state index contributed by atoms with van der Waals surface area (Å²) in [6, 6.07) is 9.67. The van der Waals surface area contributed by atoms with E-state index in [1.807, 2.05) is 35.3 Å². The molecule has 0 saturated carbocycles. The van der Waals surface area contributed by atoms with Crippen molar-refractivity contribution in [1.82, 2.24) is 0 Å². The van der Waals surface area contributed by atoms with Crippen molar-refractivity contribution >= 4 is 46.6 Å². The number of fused-ring (bicyclic) bond motifs is 5. The van der Waals surface area contributed by atoms with E-state index in [0.717, 1.165) is 11.3 Å². The molecule has 3 aliphatic heterocycles. The average Bonchev–Trinajstić information content (AvgIpc) is 3.23. The number of hydrogen-bond acceptors (Lipinski definition) is 5. The number of imide groups is 1. The Balaban J connectivity index is 1.62. The van der Waals surface area contributed by atoms with Gasteiger partial charge >= 0.3 is 0 Å². The highest BCUT2D eigenvalue weighted by Crippen LogP contribution is 2.50. The Morgan fingerprint density at radius 3 is 2.52 bits per heavy atom. The Morgan fingerprint density at radius 2 is 1.81 bits per heavy atom. The Morgan fingerprint density at radius 1 is 1.06 bits per heavy atom. The number of ether oxygens (including phenoxy) is 1. The molecule has 0 bridgehead atoms. The average molecular weight is 437 g/mol. The number of carbonyl (C=O) groups excluding carboxylic acids is 3. The Hall–Kier alpha value is -3.12. The molecular formula is C24H21ClN2O4. The third-order valence-corrected chi connectivity index (χ3v) is 7.02. The molecule has 2 aromatic rings. The molecule has 2 aromatic carbocycles. The number of halogens is 1. The van der Waals surface area contributed by atoms with Crippen LogP contribution in [-0.4, -0.2) is 36.8 Å². The standard InChI is InChI=1S/C24H21ClN2O4/c1-12-16(25)5-4-6-17(12)27-23(29)20-19-9-7-14-11-15(31-3)8-10-18(14)26(19)22(13(2)28)21(20)24(27)30/h4-11,19-22H,1-3H3/t19-,20-,21+,22+/m0/s1. The van der Waals surface area contributed by atoms with E-state index in [0.29, 0.717) is 22.0 Å². The molecule has 6 nitrogen and oxygen atoms in total. The van der Waals surface area contributed by atoms with Crippen LogP contribution in [0.4, 0.5) is 11.4 Å². The molecule has 0 N–H and O–H groups in total. The van der Waals surface area contributed by atoms with Gasteiger partial charge in [-0.15, -0.1) is 0 Å². The van der Waals surface area contributed by atoms with Crippen LogP contribution in [0.2, 0.25) is 5.02 Å². The molecule has 3 heterocycles. The molecular weight excluding hydrogens is 416 g/mol. The monoisotopic (exact) mass is 436 g/mol. The topological polar surface area (TPSA) is 66.9 Å². The Bertz CT molecular complexity index is 1170. The van der Waals surface area contributed by atoms with E-state index < -0.39 is 17.9 Å². The van der Waals surface area contributed by atoms with Gasteiger partial charge in [0.05, 0.1) is 30.7 Å². The molecule has 2 saturated heterocycles. The van der Waals surface area contributed by atoms with E-state index in [1.54, 1.807) is 32.2 Å². The van der Waals surface area contributed by atoms with Crippen molar-refractivity contribution in [1.29, 1.82) is 0 Å². The van der Waals surface area contributed by atoms with Crippen molar-refractivity contribution < 1.29 is 19.1 Å². The lowest BCUT2D eigenvalue weighted by atomic mass is 9.88. The van der Waals surface area contributed by atoms with Crippen LogP contribution in [0.3, 0.4) is 0 Å². The lowest BCUT2D eigenvalue weighted by molar-refractivity contribution is -0.126. The summed E-state index contributed by atoms with van der Waals surface area (Å²) in [5, 5.41) is 0.486. The molecule has 5 rings (SSSR count). The van der Waals surface area contributed by atoms with E-state index in [1.165, 1.54) is 11.8 Å². The summed E-state index contributed by atoms with van der Waals surface area (Å²) < 4.78 is 5.31. The molecule has 0 unspecified atom stereocenters. The van der Waals surface area contributed by atoms with Crippen molar-refractivity contribution in [3.05, 3.63) is 58.6 Å². The minimum atomic E-state index is -0.744. The van der Waals surface area contributed by atoms with Gasteiger partial charge in [-0.2, -0.15) is 0 Å². The van der Waals surface area contributed by atoms with Gasteiger partial charge in [0.15, 0.2) is 5.78 Å². The number of nitrogens with zero attached hydrogens (tertiary/aromatic N) is 2. The van der Waals surface area contributed by atoms with E-state index in [-0.39, 0.29) is 23.6 Å². The first-order valence-electron chi connectivity index (χ1n) is 10.1. The van der Waals surface area contributed by atoms with Crippen LogP contribution < -0.4 is 14.5 Å². The second-order valence-corrected chi connectivity index (χ2v) is 8.59. The molecule has 0 aliphatic carbocycles. The number of amides is 2. The summed E-state index contributed by atoms with van der Waals surface area (Å²) >= 11 is 6.25. The number of benzene rings is 2. The molecule has 0 radical (unpaired) electrons. The molecule has 0 spiro atoms.